The van der Waals surface area contributed by atoms with Crippen molar-refractivity contribution < 1.29 is 4.74 Å². The van der Waals surface area contributed by atoms with Crippen LogP contribution >= 0.6 is 11.8 Å². The quantitative estimate of drug-likeness (QED) is 0.748. The normalized spacial score (nSPS) is 28.7. The second-order valence-electron chi connectivity index (χ2n) is 5.96. The Labute approximate surface area is 117 Å². The molecule has 1 N–H and O–H groups in total. The zero-order valence-corrected chi connectivity index (χ0v) is 12.9. The Morgan fingerprint density at radius 2 is 2.17 bits per heavy atom. The maximum atomic E-state index is 6.14. The van der Waals surface area contributed by atoms with Crippen LogP contribution in [0, 0.1) is 5.92 Å². The topological polar surface area (TPSA) is 21.3 Å². The summed E-state index contributed by atoms with van der Waals surface area (Å²) in [5.41, 5.74) is 0.271. The summed E-state index contributed by atoms with van der Waals surface area (Å²) in [5, 5.41) is 3.56. The maximum Gasteiger partial charge on any atom is 0.0685 e. The molecule has 2 nitrogen and oxygen atoms in total. The van der Waals surface area contributed by atoms with E-state index in [1.165, 1.54) is 56.5 Å². The molecule has 2 fully saturated rings. The number of hydrogen-bond donors (Lipinski definition) is 1. The van der Waals surface area contributed by atoms with Crippen molar-refractivity contribution in [3.63, 3.8) is 0 Å². The van der Waals surface area contributed by atoms with E-state index in [4.69, 9.17) is 4.74 Å². The van der Waals surface area contributed by atoms with E-state index in [-0.39, 0.29) is 5.60 Å². The van der Waals surface area contributed by atoms with E-state index in [1.54, 1.807) is 0 Å². The van der Waals surface area contributed by atoms with Crippen LogP contribution in [0.4, 0.5) is 0 Å². The van der Waals surface area contributed by atoms with Crippen molar-refractivity contribution in [3.05, 3.63) is 0 Å². The first-order chi connectivity index (χ1) is 8.79. The third-order valence-electron chi connectivity index (χ3n) is 4.63. The first kappa shape index (κ1) is 14.7. The van der Waals surface area contributed by atoms with Gasteiger partial charge in [-0.05, 0) is 50.8 Å². The highest BCUT2D eigenvalue weighted by atomic mass is 32.2. The van der Waals surface area contributed by atoms with Crippen molar-refractivity contribution in [2.75, 3.05) is 25.2 Å². The molecule has 3 heteroatoms. The molecule has 0 amide bonds. The van der Waals surface area contributed by atoms with Crippen LogP contribution in [0.1, 0.15) is 51.9 Å². The Kier molecular flexibility index (Phi) is 5.84. The summed E-state index contributed by atoms with van der Waals surface area (Å²) in [6.07, 6.45) is 9.21. The Hall–Kier alpha value is 0.270. The van der Waals surface area contributed by atoms with Crippen LogP contribution in [0.25, 0.3) is 0 Å². The molecule has 2 atom stereocenters. The second kappa shape index (κ2) is 7.16. The third kappa shape index (κ3) is 3.64. The summed E-state index contributed by atoms with van der Waals surface area (Å²) >= 11 is 2.11. The summed E-state index contributed by atoms with van der Waals surface area (Å²) in [5.74, 6) is 3.39. The summed E-state index contributed by atoms with van der Waals surface area (Å²) in [6, 6.07) is 0.683. The van der Waals surface area contributed by atoms with E-state index in [1.807, 2.05) is 0 Å². The lowest BCUT2D eigenvalue weighted by Crippen LogP contribution is -2.45. The molecule has 0 aromatic carbocycles. The highest BCUT2D eigenvalue weighted by molar-refractivity contribution is 7.99. The lowest BCUT2D eigenvalue weighted by atomic mass is 9.81. The van der Waals surface area contributed by atoms with E-state index < -0.39 is 0 Å². The SMILES string of the molecule is CCCSCC(NC)C1CCOC2(CCCC2)C1. The summed E-state index contributed by atoms with van der Waals surface area (Å²) in [4.78, 5) is 0. The van der Waals surface area contributed by atoms with Gasteiger partial charge in [0.1, 0.15) is 0 Å². The fourth-order valence-corrected chi connectivity index (χ4v) is 4.73. The largest absolute Gasteiger partial charge is 0.375 e. The number of nitrogens with one attached hydrogen (secondary N) is 1. The number of hydrogen-bond acceptors (Lipinski definition) is 3. The Morgan fingerprint density at radius 1 is 1.39 bits per heavy atom. The number of ether oxygens (including phenoxy) is 1. The smallest absolute Gasteiger partial charge is 0.0685 e. The van der Waals surface area contributed by atoms with Gasteiger partial charge in [-0.2, -0.15) is 11.8 Å². The monoisotopic (exact) mass is 271 g/mol. The predicted octanol–water partition coefficient (Wildman–Crippen LogP) is 3.46. The molecule has 0 bridgehead atoms. The third-order valence-corrected chi connectivity index (χ3v) is 5.92. The fraction of sp³-hybridized carbons (Fsp3) is 1.00. The second-order valence-corrected chi connectivity index (χ2v) is 7.11. The summed E-state index contributed by atoms with van der Waals surface area (Å²) in [7, 11) is 2.13. The van der Waals surface area contributed by atoms with Crippen LogP contribution in [-0.2, 0) is 4.74 Å². The zero-order chi connectivity index (χ0) is 12.8. The molecule has 2 unspecified atom stereocenters. The van der Waals surface area contributed by atoms with Gasteiger partial charge in [-0.15, -0.1) is 0 Å². The molecule has 1 aliphatic carbocycles. The summed E-state index contributed by atoms with van der Waals surface area (Å²) in [6.45, 7) is 3.25. The van der Waals surface area contributed by atoms with Crippen LogP contribution in [0.3, 0.4) is 0 Å². The van der Waals surface area contributed by atoms with Crippen molar-refractivity contribution >= 4 is 11.8 Å². The average Bonchev–Trinajstić information content (AvgIpc) is 2.83. The van der Waals surface area contributed by atoms with Gasteiger partial charge < -0.3 is 10.1 Å². The van der Waals surface area contributed by atoms with E-state index in [9.17, 15) is 0 Å². The molecule has 18 heavy (non-hydrogen) atoms. The Morgan fingerprint density at radius 3 is 2.83 bits per heavy atom. The van der Waals surface area contributed by atoms with Gasteiger partial charge in [0.15, 0.2) is 0 Å². The zero-order valence-electron chi connectivity index (χ0n) is 12.0. The molecular formula is C15H29NOS. The minimum Gasteiger partial charge on any atom is -0.375 e. The average molecular weight is 271 g/mol. The maximum absolute atomic E-state index is 6.14. The summed E-state index contributed by atoms with van der Waals surface area (Å²) < 4.78 is 6.14. The Bertz CT molecular complexity index is 241. The van der Waals surface area contributed by atoms with Gasteiger partial charge in [0, 0.05) is 18.4 Å². The first-order valence-corrected chi connectivity index (χ1v) is 8.84. The fourth-order valence-electron chi connectivity index (χ4n) is 3.59. The van der Waals surface area contributed by atoms with E-state index in [0.29, 0.717) is 6.04 Å². The first-order valence-electron chi connectivity index (χ1n) is 7.68. The Balaban J connectivity index is 1.85. The molecule has 1 heterocycles. The molecular weight excluding hydrogens is 242 g/mol. The molecule has 106 valence electrons. The number of thioether (sulfide) groups is 1. The van der Waals surface area contributed by atoms with Gasteiger partial charge in [-0.1, -0.05) is 19.8 Å². The van der Waals surface area contributed by atoms with E-state index in [2.05, 4.69) is 31.1 Å². The van der Waals surface area contributed by atoms with Gasteiger partial charge in [-0.3, -0.25) is 0 Å². The van der Waals surface area contributed by atoms with E-state index in [0.717, 1.165) is 12.5 Å². The van der Waals surface area contributed by atoms with Crippen molar-refractivity contribution in [2.24, 2.45) is 5.92 Å². The van der Waals surface area contributed by atoms with Crippen LogP contribution in [0.5, 0.6) is 0 Å². The molecule has 1 spiro atoms. The van der Waals surface area contributed by atoms with Gasteiger partial charge in [0.25, 0.3) is 0 Å². The van der Waals surface area contributed by atoms with Gasteiger partial charge in [-0.25, -0.2) is 0 Å². The van der Waals surface area contributed by atoms with Crippen LogP contribution in [0.15, 0.2) is 0 Å². The highest BCUT2D eigenvalue weighted by Crippen LogP contribution is 2.43. The molecule has 1 saturated carbocycles. The van der Waals surface area contributed by atoms with Crippen molar-refractivity contribution in [3.8, 4) is 0 Å². The predicted molar refractivity (Wildman–Crippen MR) is 80.3 cm³/mol. The van der Waals surface area contributed by atoms with Crippen molar-refractivity contribution in [1.29, 1.82) is 0 Å². The molecule has 1 aliphatic heterocycles. The van der Waals surface area contributed by atoms with Gasteiger partial charge in [0.2, 0.25) is 0 Å². The number of rotatable bonds is 6. The standard InChI is InChI=1S/C15H29NOS/c1-3-10-18-12-14(16-2)13-6-9-17-15(11-13)7-4-5-8-15/h13-14,16H,3-12H2,1-2H3. The van der Waals surface area contributed by atoms with Gasteiger partial charge >= 0.3 is 0 Å². The van der Waals surface area contributed by atoms with Crippen molar-refractivity contribution in [1.82, 2.24) is 5.32 Å². The van der Waals surface area contributed by atoms with Gasteiger partial charge in [0.05, 0.1) is 5.60 Å². The van der Waals surface area contributed by atoms with Crippen molar-refractivity contribution in [2.45, 2.75) is 63.5 Å². The highest BCUT2D eigenvalue weighted by Gasteiger charge is 2.41. The lowest BCUT2D eigenvalue weighted by molar-refractivity contribution is -0.0964. The van der Waals surface area contributed by atoms with Crippen LogP contribution in [-0.4, -0.2) is 36.8 Å². The molecule has 0 radical (unpaired) electrons. The molecule has 0 aromatic heterocycles. The lowest BCUT2D eigenvalue weighted by Gasteiger charge is -2.41. The van der Waals surface area contributed by atoms with Crippen LogP contribution < -0.4 is 5.32 Å². The van der Waals surface area contributed by atoms with E-state index >= 15 is 0 Å². The molecule has 1 saturated heterocycles. The molecule has 0 aromatic rings. The van der Waals surface area contributed by atoms with Crippen LogP contribution in [0.2, 0.25) is 0 Å². The minimum absolute atomic E-state index is 0.271. The molecule has 2 aliphatic rings. The molecule has 2 rings (SSSR count). The minimum atomic E-state index is 0.271.